The maximum absolute atomic E-state index is 10.3. The van der Waals surface area contributed by atoms with Crippen molar-refractivity contribution in [3.8, 4) is 11.5 Å². The van der Waals surface area contributed by atoms with Gasteiger partial charge in [-0.15, -0.1) is 0 Å². The molecular weight excluding hydrogens is 424 g/mol. The van der Waals surface area contributed by atoms with Crippen molar-refractivity contribution in [2.75, 3.05) is 43.5 Å². The second kappa shape index (κ2) is 11.5. The number of nitrogens with one attached hydrogen (secondary N) is 1. The van der Waals surface area contributed by atoms with E-state index in [2.05, 4.69) is 58.4 Å². The third-order valence-electron chi connectivity index (χ3n) is 6.18. The summed E-state index contributed by atoms with van der Waals surface area (Å²) in [6, 6.07) is 26.2. The molecule has 1 fully saturated rings. The van der Waals surface area contributed by atoms with E-state index in [0.29, 0.717) is 5.69 Å². The van der Waals surface area contributed by atoms with Gasteiger partial charge >= 0.3 is 0 Å². The number of hydrogen-bond donors (Lipinski definition) is 2. The number of benzene rings is 3. The molecule has 6 heteroatoms. The number of hydrogen-bond acceptors (Lipinski definition) is 4. The van der Waals surface area contributed by atoms with E-state index in [0.717, 1.165) is 50.7 Å². The smallest absolute Gasteiger partial charge is 0.198 e. The SMILES string of the molecule is COc1cccc(N2CCN(C(=NC(C)CCc3ccccc3)Nc3ccccc3O)CC2)c1. The molecule has 3 aromatic carbocycles. The number of nitrogens with zero attached hydrogens (tertiary/aromatic N) is 3. The molecule has 0 spiro atoms. The first-order valence-corrected chi connectivity index (χ1v) is 11.9. The van der Waals surface area contributed by atoms with Gasteiger partial charge in [-0.2, -0.15) is 0 Å². The lowest BCUT2D eigenvalue weighted by Crippen LogP contribution is -2.51. The Morgan fingerprint density at radius 1 is 0.971 bits per heavy atom. The summed E-state index contributed by atoms with van der Waals surface area (Å²) in [7, 11) is 1.70. The van der Waals surface area contributed by atoms with Crippen LogP contribution in [-0.4, -0.2) is 55.3 Å². The zero-order valence-corrected chi connectivity index (χ0v) is 20.0. The summed E-state index contributed by atoms with van der Waals surface area (Å²) >= 11 is 0. The van der Waals surface area contributed by atoms with Crippen LogP contribution in [0.1, 0.15) is 18.9 Å². The average molecular weight is 459 g/mol. The van der Waals surface area contributed by atoms with Crippen LogP contribution in [-0.2, 0) is 6.42 Å². The molecule has 6 nitrogen and oxygen atoms in total. The third-order valence-corrected chi connectivity index (χ3v) is 6.18. The summed E-state index contributed by atoms with van der Waals surface area (Å²) in [5, 5.41) is 13.7. The minimum absolute atomic E-state index is 0.143. The maximum atomic E-state index is 10.3. The van der Waals surface area contributed by atoms with Gasteiger partial charge in [-0.1, -0.05) is 48.5 Å². The first kappa shape index (κ1) is 23.5. The Labute approximate surface area is 202 Å². The number of anilines is 2. The summed E-state index contributed by atoms with van der Waals surface area (Å²) in [6.45, 7) is 5.59. The molecule has 4 rings (SSSR count). The molecule has 34 heavy (non-hydrogen) atoms. The number of aromatic hydroxyl groups is 1. The first-order chi connectivity index (χ1) is 16.6. The molecule has 0 amide bonds. The van der Waals surface area contributed by atoms with Crippen LogP contribution in [0.3, 0.4) is 0 Å². The summed E-state index contributed by atoms with van der Waals surface area (Å²) in [4.78, 5) is 9.71. The van der Waals surface area contributed by atoms with Crippen molar-refractivity contribution in [2.24, 2.45) is 4.99 Å². The normalized spacial score (nSPS) is 15.2. The monoisotopic (exact) mass is 458 g/mol. The highest BCUT2D eigenvalue weighted by Crippen LogP contribution is 2.24. The fraction of sp³-hybridized carbons (Fsp3) is 0.321. The number of guanidine groups is 1. The average Bonchev–Trinajstić information content (AvgIpc) is 2.89. The first-order valence-electron chi connectivity index (χ1n) is 11.9. The largest absolute Gasteiger partial charge is 0.506 e. The highest BCUT2D eigenvalue weighted by Gasteiger charge is 2.22. The number of para-hydroxylation sites is 2. The zero-order chi connectivity index (χ0) is 23.8. The predicted octanol–water partition coefficient (Wildman–Crippen LogP) is 5.01. The molecular formula is C28H34N4O2. The van der Waals surface area contributed by atoms with Crippen LogP contribution in [0.25, 0.3) is 0 Å². The van der Waals surface area contributed by atoms with Gasteiger partial charge < -0.3 is 25.0 Å². The molecule has 0 saturated carbocycles. The highest BCUT2D eigenvalue weighted by molar-refractivity contribution is 5.95. The molecule has 3 aromatic rings. The molecule has 0 radical (unpaired) electrons. The van der Waals surface area contributed by atoms with Crippen LogP contribution in [0.5, 0.6) is 11.5 Å². The lowest BCUT2D eigenvalue weighted by molar-refractivity contribution is 0.380. The van der Waals surface area contributed by atoms with Crippen LogP contribution < -0.4 is 15.0 Å². The molecule has 178 valence electrons. The second-order valence-corrected chi connectivity index (χ2v) is 8.64. The van der Waals surface area contributed by atoms with Gasteiger partial charge in [0, 0.05) is 37.9 Å². The Kier molecular flexibility index (Phi) is 7.91. The third kappa shape index (κ3) is 6.22. The summed E-state index contributed by atoms with van der Waals surface area (Å²) in [5.41, 5.74) is 3.17. The Bertz CT molecular complexity index is 1080. The topological polar surface area (TPSA) is 60.3 Å². The summed E-state index contributed by atoms with van der Waals surface area (Å²) < 4.78 is 5.39. The summed E-state index contributed by atoms with van der Waals surface area (Å²) in [6.07, 6.45) is 1.94. The number of aliphatic imine (C=N–C) groups is 1. The molecule has 1 unspecified atom stereocenters. The number of phenolic OH excluding ortho intramolecular Hbond substituents is 1. The van der Waals surface area contributed by atoms with E-state index in [1.165, 1.54) is 11.3 Å². The minimum atomic E-state index is 0.143. The molecule has 1 aliphatic heterocycles. The van der Waals surface area contributed by atoms with Crippen molar-refractivity contribution in [2.45, 2.75) is 25.8 Å². The van der Waals surface area contributed by atoms with Crippen molar-refractivity contribution in [3.05, 3.63) is 84.4 Å². The Hall–Kier alpha value is -3.67. The number of ether oxygens (including phenoxy) is 1. The van der Waals surface area contributed by atoms with Crippen LogP contribution in [0.15, 0.2) is 83.9 Å². The van der Waals surface area contributed by atoms with E-state index in [9.17, 15) is 5.11 Å². The van der Waals surface area contributed by atoms with Crippen molar-refractivity contribution >= 4 is 17.3 Å². The van der Waals surface area contributed by atoms with E-state index in [-0.39, 0.29) is 11.8 Å². The van der Waals surface area contributed by atoms with Gasteiger partial charge in [0.2, 0.25) is 0 Å². The summed E-state index contributed by atoms with van der Waals surface area (Å²) in [5.74, 6) is 1.91. The van der Waals surface area contributed by atoms with E-state index in [1.807, 2.05) is 36.4 Å². The highest BCUT2D eigenvalue weighted by atomic mass is 16.5. The van der Waals surface area contributed by atoms with Crippen molar-refractivity contribution in [3.63, 3.8) is 0 Å². The number of aryl methyl sites for hydroxylation is 1. The standard InChI is InChI=1S/C28H34N4O2/c1-22(15-16-23-9-4-3-5-10-23)29-28(30-26-13-6-7-14-27(26)33)32-19-17-31(18-20-32)24-11-8-12-25(21-24)34-2/h3-14,21-22,33H,15-20H2,1-2H3,(H,29,30). The van der Waals surface area contributed by atoms with Gasteiger partial charge in [-0.25, -0.2) is 4.99 Å². The molecule has 2 N–H and O–H groups in total. The van der Waals surface area contributed by atoms with Crippen molar-refractivity contribution in [1.82, 2.24) is 4.90 Å². The Morgan fingerprint density at radius 2 is 1.71 bits per heavy atom. The quantitative estimate of drug-likeness (QED) is 0.296. The van der Waals surface area contributed by atoms with Gasteiger partial charge in [0.05, 0.1) is 18.8 Å². The van der Waals surface area contributed by atoms with Crippen LogP contribution in [0.2, 0.25) is 0 Å². The molecule has 0 aromatic heterocycles. The second-order valence-electron chi connectivity index (χ2n) is 8.64. The Morgan fingerprint density at radius 3 is 2.44 bits per heavy atom. The molecule has 1 saturated heterocycles. The molecule has 1 heterocycles. The molecule has 1 aliphatic rings. The van der Waals surface area contributed by atoms with Crippen LogP contribution >= 0.6 is 0 Å². The van der Waals surface area contributed by atoms with Gasteiger partial charge in [0.1, 0.15) is 11.5 Å². The molecule has 0 aliphatic carbocycles. The van der Waals surface area contributed by atoms with Crippen LogP contribution in [0.4, 0.5) is 11.4 Å². The predicted molar refractivity (Wildman–Crippen MR) is 140 cm³/mol. The molecule has 0 bridgehead atoms. The zero-order valence-electron chi connectivity index (χ0n) is 20.0. The minimum Gasteiger partial charge on any atom is -0.506 e. The van der Waals surface area contributed by atoms with Crippen molar-refractivity contribution in [1.29, 1.82) is 0 Å². The van der Waals surface area contributed by atoms with Gasteiger partial charge in [0.25, 0.3) is 0 Å². The fourth-order valence-corrected chi connectivity index (χ4v) is 4.17. The van der Waals surface area contributed by atoms with E-state index in [1.54, 1.807) is 13.2 Å². The molecule has 1 atom stereocenters. The number of piperazine rings is 1. The number of rotatable bonds is 7. The lowest BCUT2D eigenvalue weighted by atomic mass is 10.1. The number of methoxy groups -OCH3 is 1. The van der Waals surface area contributed by atoms with Crippen LogP contribution in [0, 0.1) is 0 Å². The maximum Gasteiger partial charge on any atom is 0.198 e. The van der Waals surface area contributed by atoms with Gasteiger partial charge in [-0.05, 0) is 49.6 Å². The lowest BCUT2D eigenvalue weighted by Gasteiger charge is -2.38. The van der Waals surface area contributed by atoms with E-state index < -0.39 is 0 Å². The fourth-order valence-electron chi connectivity index (χ4n) is 4.17. The van der Waals surface area contributed by atoms with Gasteiger partial charge in [0.15, 0.2) is 5.96 Å². The van der Waals surface area contributed by atoms with E-state index in [4.69, 9.17) is 9.73 Å². The Balaban J connectivity index is 1.46. The van der Waals surface area contributed by atoms with E-state index >= 15 is 0 Å². The van der Waals surface area contributed by atoms with Gasteiger partial charge in [-0.3, -0.25) is 0 Å². The van der Waals surface area contributed by atoms with Crippen molar-refractivity contribution < 1.29 is 9.84 Å². The number of phenols is 1.